The molecule has 0 aromatic heterocycles. The Morgan fingerprint density at radius 1 is 0.488 bits per heavy atom. The second kappa shape index (κ2) is 36.4. The van der Waals surface area contributed by atoms with Gasteiger partial charge in [0.1, 0.15) is 23.0 Å². The molecule has 21 heteroatoms. The van der Waals surface area contributed by atoms with E-state index in [1.165, 1.54) is 24.3 Å². The summed E-state index contributed by atoms with van der Waals surface area (Å²) in [7, 11) is 0. The van der Waals surface area contributed by atoms with Crippen LogP contribution in [0.4, 0.5) is 28.9 Å². The number of carbonyl (C=O) groups is 1. The number of aromatic hydroxyl groups is 1. The first-order valence-corrected chi connectivity index (χ1v) is 29.2. The van der Waals surface area contributed by atoms with E-state index in [0.29, 0.717) is 32.2 Å². The molecule has 0 spiro atoms. The van der Waals surface area contributed by atoms with Crippen LogP contribution < -0.4 is 29.7 Å². The normalized spacial score (nSPS) is 13.3. The number of ether oxygens (including phenoxy) is 3. The number of benzene rings is 6. The Morgan fingerprint density at radius 2 is 0.817 bits per heavy atom. The van der Waals surface area contributed by atoms with Gasteiger partial charge in [0.05, 0.1) is 26.2 Å². The fourth-order valence-electron chi connectivity index (χ4n) is 9.03. The van der Waals surface area contributed by atoms with Crippen molar-refractivity contribution in [1.29, 1.82) is 0 Å². The second-order valence-electron chi connectivity index (χ2n) is 20.6. The van der Waals surface area contributed by atoms with Crippen molar-refractivity contribution in [3.05, 3.63) is 179 Å². The van der Waals surface area contributed by atoms with E-state index < -0.39 is 23.3 Å². The SMILES string of the molecule is CB(O)Cc1ccc(O)cc1.CB(O)Cc1ccc(OCCCBr)cc1.CB(O)Cc1ccc(OCCCN2CCN(c3ccc(F)c(F)c3)CC2)cc1.NC(=O)Cc1ccc(OCCCN2CCN(c3ccc(F)c(F)c3)CC2)cc1. The third-order valence-electron chi connectivity index (χ3n) is 13.3. The van der Waals surface area contributed by atoms with E-state index in [2.05, 4.69) is 35.5 Å². The molecule has 0 bridgehead atoms. The van der Waals surface area contributed by atoms with Crippen LogP contribution in [-0.2, 0) is 30.2 Å². The van der Waals surface area contributed by atoms with Gasteiger partial charge in [0.15, 0.2) is 23.3 Å². The molecular weight excluding hydrogens is 1120 g/mol. The summed E-state index contributed by atoms with van der Waals surface area (Å²) >= 11 is 3.35. The van der Waals surface area contributed by atoms with Gasteiger partial charge in [-0.3, -0.25) is 14.6 Å². The zero-order valence-corrected chi connectivity index (χ0v) is 49.0. The minimum Gasteiger partial charge on any atom is -0.508 e. The molecule has 0 radical (unpaired) electrons. The standard InChI is InChI=1S/C21H27BF2N2O2.C21H25F2N3O2.C11H16BBrO2.C8H11BO2/c1-22(27)16-17-3-6-19(7-4-17)28-14-2-9-25-10-12-26(13-11-25)18-5-8-20(23)21(24)15-18;22-19-7-4-17(15-20(19)23)26-11-9-25(10-12-26)8-1-13-28-18-5-2-16(3-6-18)14-21(24)27;1-12(14)9-10-3-5-11(6-4-10)15-8-2-7-13;1-9(11)6-7-2-4-8(10)5-3-7/h3-8,15,27H,2,9-14,16H2,1H3;2-7,15H,1,8-14H2,(H2,24,27);3-6,14H,2,7-9H2,1H3;2-5,10-11H,6H2,1H3. The molecule has 6 aromatic rings. The van der Waals surface area contributed by atoms with E-state index in [0.717, 1.165) is 148 Å². The first-order chi connectivity index (χ1) is 39.4. The highest BCUT2D eigenvalue weighted by molar-refractivity contribution is 9.09. The molecule has 82 heavy (non-hydrogen) atoms. The summed E-state index contributed by atoms with van der Waals surface area (Å²) in [6.45, 7) is 15.0. The third kappa shape index (κ3) is 25.9. The van der Waals surface area contributed by atoms with Crippen LogP contribution in [-0.4, -0.2) is 147 Å². The predicted molar refractivity (Wildman–Crippen MR) is 327 cm³/mol. The van der Waals surface area contributed by atoms with Crippen LogP contribution in [0, 0.1) is 23.3 Å². The number of hydrogen-bond acceptors (Lipinski definition) is 12. The van der Waals surface area contributed by atoms with Gasteiger partial charge in [-0.2, -0.15) is 0 Å². The molecule has 440 valence electrons. The number of alkyl halides is 1. The van der Waals surface area contributed by atoms with Crippen molar-refractivity contribution in [3.63, 3.8) is 0 Å². The lowest BCUT2D eigenvalue weighted by Gasteiger charge is -2.36. The molecule has 6 aromatic carbocycles. The van der Waals surface area contributed by atoms with E-state index >= 15 is 0 Å². The summed E-state index contributed by atoms with van der Waals surface area (Å²) in [5, 5.41) is 37.5. The highest BCUT2D eigenvalue weighted by Gasteiger charge is 2.20. The number of amides is 1. The molecule has 2 heterocycles. The van der Waals surface area contributed by atoms with Crippen LogP contribution in [0.15, 0.2) is 133 Å². The van der Waals surface area contributed by atoms with Crippen LogP contribution in [0.1, 0.15) is 41.5 Å². The molecule has 2 fully saturated rings. The molecule has 0 aliphatic carbocycles. The zero-order chi connectivity index (χ0) is 59.2. The Kier molecular flexibility index (Phi) is 29.5. The summed E-state index contributed by atoms with van der Waals surface area (Å²) in [5.74, 6) is -0.794. The minimum atomic E-state index is -0.815. The maximum Gasteiger partial charge on any atom is 0.290 e. The van der Waals surface area contributed by atoms with Gasteiger partial charge in [-0.1, -0.05) is 102 Å². The largest absolute Gasteiger partial charge is 0.508 e. The van der Waals surface area contributed by atoms with E-state index in [1.54, 1.807) is 44.7 Å². The van der Waals surface area contributed by atoms with Crippen LogP contribution >= 0.6 is 15.9 Å². The Balaban J connectivity index is 0.000000214. The molecule has 0 atom stereocenters. The number of rotatable bonds is 24. The number of primary amides is 1. The molecule has 0 unspecified atom stereocenters. The van der Waals surface area contributed by atoms with Gasteiger partial charge in [0.2, 0.25) is 5.91 Å². The molecule has 1 amide bonds. The van der Waals surface area contributed by atoms with E-state index in [1.807, 2.05) is 84.9 Å². The molecular formula is C61H79B3BrF4N5O8. The van der Waals surface area contributed by atoms with Crippen molar-refractivity contribution in [3.8, 4) is 23.0 Å². The van der Waals surface area contributed by atoms with Gasteiger partial charge >= 0.3 is 0 Å². The van der Waals surface area contributed by atoms with Gasteiger partial charge in [-0.05, 0) is 117 Å². The van der Waals surface area contributed by atoms with Crippen molar-refractivity contribution in [2.45, 2.75) is 65.1 Å². The quantitative estimate of drug-likeness (QED) is 0.0169. The van der Waals surface area contributed by atoms with Gasteiger partial charge in [-0.25, -0.2) is 17.6 Å². The lowest BCUT2D eigenvalue weighted by Crippen LogP contribution is -2.46. The fraction of sp³-hybridized carbons (Fsp3) is 0.393. The number of phenols is 1. The van der Waals surface area contributed by atoms with Gasteiger partial charge in [0, 0.05) is 94.3 Å². The predicted octanol–water partition coefficient (Wildman–Crippen LogP) is 9.47. The van der Waals surface area contributed by atoms with Crippen LogP contribution in [0.2, 0.25) is 20.5 Å². The number of nitrogens with zero attached hydrogens (tertiary/aromatic N) is 4. The summed E-state index contributed by atoms with van der Waals surface area (Å²) in [4.78, 5) is 19.8. The first-order valence-electron chi connectivity index (χ1n) is 28.1. The molecule has 13 nitrogen and oxygen atoms in total. The molecule has 0 saturated carbocycles. The van der Waals surface area contributed by atoms with Crippen molar-refractivity contribution in [2.24, 2.45) is 5.73 Å². The maximum atomic E-state index is 13.4. The maximum absolute atomic E-state index is 13.4. The number of piperazine rings is 2. The summed E-state index contributed by atoms with van der Waals surface area (Å²) in [6, 6.07) is 38.1. The van der Waals surface area contributed by atoms with Crippen molar-refractivity contribution in [2.75, 3.05) is 100 Å². The van der Waals surface area contributed by atoms with Crippen molar-refractivity contribution < 1.29 is 56.7 Å². The lowest BCUT2D eigenvalue weighted by molar-refractivity contribution is -0.117. The summed E-state index contributed by atoms with van der Waals surface area (Å²) in [6.07, 6.45) is 5.06. The number of halogens is 5. The molecule has 2 aliphatic heterocycles. The number of hydrogen-bond donors (Lipinski definition) is 5. The number of carbonyl (C=O) groups excluding carboxylic acids is 1. The fourth-order valence-corrected chi connectivity index (χ4v) is 9.26. The van der Waals surface area contributed by atoms with E-state index in [4.69, 9.17) is 30.1 Å². The smallest absolute Gasteiger partial charge is 0.290 e. The molecule has 2 saturated heterocycles. The van der Waals surface area contributed by atoms with Crippen LogP contribution in [0.5, 0.6) is 23.0 Å². The first kappa shape index (κ1) is 66.6. The Labute approximate surface area is 491 Å². The Bertz CT molecular complexity index is 2750. The molecule has 2 aliphatic rings. The van der Waals surface area contributed by atoms with Gasteiger partial charge in [-0.15, -0.1) is 0 Å². The van der Waals surface area contributed by atoms with E-state index in [9.17, 15) is 32.4 Å². The third-order valence-corrected chi connectivity index (χ3v) is 13.8. The minimum absolute atomic E-state index is 0.233. The monoisotopic (exact) mass is 1200 g/mol. The van der Waals surface area contributed by atoms with Crippen LogP contribution in [0.3, 0.4) is 0 Å². The van der Waals surface area contributed by atoms with Gasteiger partial charge in [0.25, 0.3) is 20.7 Å². The highest BCUT2D eigenvalue weighted by Crippen LogP contribution is 2.22. The number of nitrogens with two attached hydrogens (primary N) is 1. The second-order valence-corrected chi connectivity index (χ2v) is 21.3. The van der Waals surface area contributed by atoms with Crippen molar-refractivity contribution in [1.82, 2.24) is 9.80 Å². The molecule has 8 rings (SSSR count). The lowest BCUT2D eigenvalue weighted by atomic mass is 9.66. The number of phenolic OH excluding ortho intramolecular Hbond substituents is 1. The van der Waals surface area contributed by atoms with Crippen molar-refractivity contribution >= 4 is 54.0 Å². The van der Waals surface area contributed by atoms with Crippen LogP contribution in [0.25, 0.3) is 0 Å². The zero-order valence-electron chi connectivity index (χ0n) is 47.5. The number of anilines is 2. The summed E-state index contributed by atoms with van der Waals surface area (Å²) in [5.41, 5.74) is 10.8. The van der Waals surface area contributed by atoms with E-state index in [-0.39, 0.29) is 38.8 Å². The molecule has 6 N–H and O–H groups in total. The average molecular weight is 1200 g/mol. The topological polar surface area (TPSA) is 165 Å². The Morgan fingerprint density at radius 3 is 1.13 bits per heavy atom. The average Bonchev–Trinajstić information content (AvgIpc) is 3.60. The summed E-state index contributed by atoms with van der Waals surface area (Å²) < 4.78 is 70.0. The van der Waals surface area contributed by atoms with Gasteiger partial charge < -0.3 is 49.9 Å². The highest BCUT2D eigenvalue weighted by atomic mass is 79.9. The Hall–Kier alpha value is -6.22.